The van der Waals surface area contributed by atoms with E-state index < -0.39 is 0 Å². The SMILES string of the molecule is Cc1n[nH]c(C)c1C(=O)N1CCC(c2noc(-c3cccs3)n2)C1. The number of rotatable bonds is 3. The van der Waals surface area contributed by atoms with E-state index >= 15 is 0 Å². The first-order valence-corrected chi connectivity index (χ1v) is 8.69. The number of aryl methyl sites for hydroxylation is 2. The van der Waals surface area contributed by atoms with Gasteiger partial charge in [0.2, 0.25) is 0 Å². The summed E-state index contributed by atoms with van der Waals surface area (Å²) in [5.74, 6) is 1.35. The third kappa shape index (κ3) is 2.52. The molecule has 4 heterocycles. The molecule has 1 amide bonds. The molecule has 0 saturated carbocycles. The summed E-state index contributed by atoms with van der Waals surface area (Å²) in [7, 11) is 0. The van der Waals surface area contributed by atoms with E-state index in [4.69, 9.17) is 4.52 Å². The monoisotopic (exact) mass is 343 g/mol. The summed E-state index contributed by atoms with van der Waals surface area (Å²) in [6.07, 6.45) is 0.838. The Hall–Kier alpha value is -2.48. The second-order valence-corrected chi connectivity index (χ2v) is 6.93. The summed E-state index contributed by atoms with van der Waals surface area (Å²) < 4.78 is 5.36. The third-order valence-corrected chi connectivity index (χ3v) is 5.21. The number of carbonyl (C=O) groups excluding carboxylic acids is 1. The van der Waals surface area contributed by atoms with E-state index in [9.17, 15) is 4.79 Å². The highest BCUT2D eigenvalue weighted by molar-refractivity contribution is 7.13. The van der Waals surface area contributed by atoms with Crippen molar-refractivity contribution in [3.63, 3.8) is 0 Å². The number of nitrogens with one attached hydrogen (secondary N) is 1. The van der Waals surface area contributed by atoms with Gasteiger partial charge in [0.25, 0.3) is 11.8 Å². The lowest BCUT2D eigenvalue weighted by atomic mass is 10.1. The Morgan fingerprint density at radius 2 is 2.33 bits per heavy atom. The van der Waals surface area contributed by atoms with Gasteiger partial charge in [-0.25, -0.2) is 0 Å². The highest BCUT2D eigenvalue weighted by Gasteiger charge is 2.32. The highest BCUT2D eigenvalue weighted by atomic mass is 32.1. The molecular formula is C16H17N5O2S. The summed E-state index contributed by atoms with van der Waals surface area (Å²) in [4.78, 5) is 20.0. The van der Waals surface area contributed by atoms with Crippen molar-refractivity contribution in [1.29, 1.82) is 0 Å². The van der Waals surface area contributed by atoms with Crippen LogP contribution in [0, 0.1) is 13.8 Å². The summed E-state index contributed by atoms with van der Waals surface area (Å²) in [6, 6.07) is 3.91. The molecule has 1 fully saturated rings. The van der Waals surface area contributed by atoms with Gasteiger partial charge in [0, 0.05) is 24.7 Å². The lowest BCUT2D eigenvalue weighted by Crippen LogP contribution is -2.29. The number of hydrogen-bond donors (Lipinski definition) is 1. The molecule has 4 rings (SSSR count). The molecule has 1 N–H and O–H groups in total. The van der Waals surface area contributed by atoms with Crippen LogP contribution in [0.3, 0.4) is 0 Å². The largest absolute Gasteiger partial charge is 0.338 e. The zero-order chi connectivity index (χ0) is 16.7. The predicted molar refractivity (Wildman–Crippen MR) is 88.9 cm³/mol. The van der Waals surface area contributed by atoms with Crippen LogP contribution in [0.25, 0.3) is 10.8 Å². The van der Waals surface area contributed by atoms with Crippen molar-refractivity contribution in [1.82, 2.24) is 25.2 Å². The zero-order valence-electron chi connectivity index (χ0n) is 13.4. The Bertz CT molecular complexity index is 848. The lowest BCUT2D eigenvalue weighted by Gasteiger charge is -2.15. The molecule has 24 heavy (non-hydrogen) atoms. The average Bonchev–Trinajstić information content (AvgIpc) is 3.34. The zero-order valence-corrected chi connectivity index (χ0v) is 14.3. The molecule has 0 bridgehead atoms. The number of H-pyrrole nitrogens is 1. The van der Waals surface area contributed by atoms with Crippen LogP contribution in [0.5, 0.6) is 0 Å². The van der Waals surface area contributed by atoms with Crippen LogP contribution in [-0.4, -0.2) is 44.2 Å². The van der Waals surface area contributed by atoms with Gasteiger partial charge in [0.1, 0.15) is 0 Å². The second-order valence-electron chi connectivity index (χ2n) is 5.98. The molecular weight excluding hydrogens is 326 g/mol. The summed E-state index contributed by atoms with van der Waals surface area (Å²) in [5, 5.41) is 13.1. The quantitative estimate of drug-likeness (QED) is 0.790. The van der Waals surface area contributed by atoms with E-state index in [-0.39, 0.29) is 11.8 Å². The Morgan fingerprint density at radius 3 is 3.04 bits per heavy atom. The standard InChI is InChI=1S/C16H17N5O2S/c1-9-13(10(2)19-18-9)16(22)21-6-5-11(8-21)14-17-15(23-20-14)12-4-3-7-24-12/h3-4,7,11H,5-6,8H2,1-2H3,(H,18,19). The minimum absolute atomic E-state index is 0.0169. The summed E-state index contributed by atoms with van der Waals surface area (Å²) in [6.45, 7) is 5.01. The molecule has 7 nitrogen and oxygen atoms in total. The van der Waals surface area contributed by atoms with Crippen molar-refractivity contribution in [2.75, 3.05) is 13.1 Å². The van der Waals surface area contributed by atoms with Crippen molar-refractivity contribution in [2.45, 2.75) is 26.2 Å². The Balaban J connectivity index is 1.50. The molecule has 3 aromatic rings. The van der Waals surface area contributed by atoms with Gasteiger partial charge in [0.15, 0.2) is 5.82 Å². The van der Waals surface area contributed by atoms with Gasteiger partial charge in [-0.05, 0) is 31.7 Å². The van der Waals surface area contributed by atoms with Crippen LogP contribution in [0.15, 0.2) is 22.0 Å². The van der Waals surface area contributed by atoms with Crippen molar-refractivity contribution in [3.05, 3.63) is 40.3 Å². The molecule has 0 radical (unpaired) electrons. The predicted octanol–water partition coefficient (Wildman–Crippen LogP) is 2.77. The maximum atomic E-state index is 12.7. The first-order chi connectivity index (χ1) is 11.6. The number of hydrogen-bond acceptors (Lipinski definition) is 6. The lowest BCUT2D eigenvalue weighted by molar-refractivity contribution is 0.0789. The van der Waals surface area contributed by atoms with Crippen LogP contribution >= 0.6 is 11.3 Å². The molecule has 1 aliphatic heterocycles. The fourth-order valence-electron chi connectivity index (χ4n) is 3.08. The van der Waals surface area contributed by atoms with Crippen molar-refractivity contribution >= 4 is 17.2 Å². The fourth-order valence-corrected chi connectivity index (χ4v) is 3.73. The minimum Gasteiger partial charge on any atom is -0.338 e. The van der Waals surface area contributed by atoms with E-state index in [2.05, 4.69) is 20.3 Å². The van der Waals surface area contributed by atoms with Gasteiger partial charge in [-0.1, -0.05) is 11.2 Å². The van der Waals surface area contributed by atoms with Gasteiger partial charge in [-0.2, -0.15) is 10.1 Å². The van der Waals surface area contributed by atoms with Crippen LogP contribution in [0.4, 0.5) is 0 Å². The molecule has 0 spiro atoms. The van der Waals surface area contributed by atoms with E-state index in [1.165, 1.54) is 0 Å². The van der Waals surface area contributed by atoms with Crippen LogP contribution in [0.2, 0.25) is 0 Å². The number of likely N-dealkylation sites (tertiary alicyclic amines) is 1. The molecule has 1 atom stereocenters. The number of aromatic nitrogens is 4. The maximum Gasteiger partial charge on any atom is 0.267 e. The highest BCUT2D eigenvalue weighted by Crippen LogP contribution is 2.30. The number of amides is 1. The normalized spacial score (nSPS) is 17.6. The van der Waals surface area contributed by atoms with E-state index in [1.807, 2.05) is 36.3 Å². The first-order valence-electron chi connectivity index (χ1n) is 7.82. The smallest absolute Gasteiger partial charge is 0.267 e. The summed E-state index contributed by atoms with van der Waals surface area (Å²) in [5.41, 5.74) is 2.21. The molecule has 0 aromatic carbocycles. The Labute approximate surface area is 142 Å². The number of carbonyl (C=O) groups is 1. The molecule has 124 valence electrons. The van der Waals surface area contributed by atoms with Crippen molar-refractivity contribution in [2.24, 2.45) is 0 Å². The summed E-state index contributed by atoms with van der Waals surface area (Å²) >= 11 is 1.57. The fraction of sp³-hybridized carbons (Fsp3) is 0.375. The molecule has 1 aliphatic rings. The van der Waals surface area contributed by atoms with E-state index in [0.29, 0.717) is 30.4 Å². The van der Waals surface area contributed by atoms with Crippen LogP contribution in [-0.2, 0) is 0 Å². The van der Waals surface area contributed by atoms with Gasteiger partial charge in [0.05, 0.1) is 16.1 Å². The molecule has 0 aliphatic carbocycles. The number of nitrogens with zero attached hydrogens (tertiary/aromatic N) is 4. The molecule has 1 unspecified atom stereocenters. The van der Waals surface area contributed by atoms with Crippen molar-refractivity contribution < 1.29 is 9.32 Å². The maximum absolute atomic E-state index is 12.7. The molecule has 3 aromatic heterocycles. The molecule has 8 heteroatoms. The number of aromatic amines is 1. The van der Waals surface area contributed by atoms with E-state index in [0.717, 1.165) is 22.7 Å². The number of thiophene rings is 1. The van der Waals surface area contributed by atoms with Crippen LogP contribution < -0.4 is 0 Å². The van der Waals surface area contributed by atoms with Crippen molar-refractivity contribution in [3.8, 4) is 10.8 Å². The third-order valence-electron chi connectivity index (χ3n) is 4.36. The van der Waals surface area contributed by atoms with Crippen LogP contribution in [0.1, 0.15) is 39.9 Å². The molecule has 1 saturated heterocycles. The Morgan fingerprint density at radius 1 is 1.46 bits per heavy atom. The van der Waals surface area contributed by atoms with Gasteiger partial charge >= 0.3 is 0 Å². The Kier molecular flexibility index (Phi) is 3.68. The minimum atomic E-state index is 0.0169. The van der Waals surface area contributed by atoms with Gasteiger partial charge in [-0.15, -0.1) is 11.3 Å². The topological polar surface area (TPSA) is 87.9 Å². The van der Waals surface area contributed by atoms with E-state index in [1.54, 1.807) is 11.3 Å². The van der Waals surface area contributed by atoms with Gasteiger partial charge in [-0.3, -0.25) is 9.89 Å². The second kappa shape index (κ2) is 5.86. The average molecular weight is 343 g/mol. The van der Waals surface area contributed by atoms with Gasteiger partial charge < -0.3 is 9.42 Å². The first kappa shape index (κ1) is 15.1.